The second-order valence-electron chi connectivity index (χ2n) is 3.86. The maximum Gasteiger partial charge on any atom is 0.304 e. The van der Waals surface area contributed by atoms with Crippen molar-refractivity contribution in [3.8, 4) is 5.75 Å². The summed E-state index contributed by atoms with van der Waals surface area (Å²) >= 11 is 1.45. The number of hydrogen-bond acceptors (Lipinski definition) is 4. The van der Waals surface area contributed by atoms with Crippen LogP contribution in [0.1, 0.15) is 6.42 Å². The van der Waals surface area contributed by atoms with Gasteiger partial charge < -0.3 is 14.7 Å². The summed E-state index contributed by atoms with van der Waals surface area (Å²) in [5, 5.41) is 8.57. The smallest absolute Gasteiger partial charge is 0.304 e. The van der Waals surface area contributed by atoms with Gasteiger partial charge in [-0.1, -0.05) is 0 Å². The van der Waals surface area contributed by atoms with Gasteiger partial charge in [-0.15, -0.1) is 11.8 Å². The van der Waals surface area contributed by atoms with Crippen molar-refractivity contribution in [2.75, 3.05) is 24.3 Å². The molecule has 0 aromatic heterocycles. The minimum Gasteiger partial charge on any atom is -0.482 e. The van der Waals surface area contributed by atoms with Crippen LogP contribution in [0.4, 0.5) is 5.69 Å². The molecule has 0 aliphatic carbocycles. The van der Waals surface area contributed by atoms with Crippen LogP contribution in [-0.4, -0.2) is 36.4 Å². The molecule has 0 saturated heterocycles. The number of carbonyl (C=O) groups is 2. The number of fused-ring (bicyclic) bond motifs is 1. The van der Waals surface area contributed by atoms with Crippen molar-refractivity contribution in [3.05, 3.63) is 18.2 Å². The summed E-state index contributed by atoms with van der Waals surface area (Å²) in [5.74, 6) is 0.290. The highest BCUT2D eigenvalue weighted by Gasteiger charge is 2.22. The van der Waals surface area contributed by atoms with E-state index in [1.165, 1.54) is 11.8 Å². The highest BCUT2D eigenvalue weighted by molar-refractivity contribution is 7.99. The summed E-state index contributed by atoms with van der Waals surface area (Å²) in [6.45, 7) is 0.0645. The lowest BCUT2D eigenvalue weighted by Gasteiger charge is -2.26. The predicted molar refractivity (Wildman–Crippen MR) is 68.3 cm³/mol. The number of aliphatic carboxylic acids is 1. The molecule has 6 heteroatoms. The van der Waals surface area contributed by atoms with Crippen molar-refractivity contribution in [2.24, 2.45) is 0 Å². The third-order valence-corrected chi connectivity index (χ3v) is 3.60. The minimum absolute atomic E-state index is 0.0645. The lowest BCUT2D eigenvalue weighted by molar-refractivity contribution is -0.136. The van der Waals surface area contributed by atoms with Crippen molar-refractivity contribution < 1.29 is 19.4 Å². The SMILES string of the molecule is CN1C(=O)COc2ccc(SCCC(=O)O)cc21. The van der Waals surface area contributed by atoms with Gasteiger partial charge in [0.25, 0.3) is 5.91 Å². The number of thioether (sulfide) groups is 1. The van der Waals surface area contributed by atoms with Gasteiger partial charge in [-0.3, -0.25) is 9.59 Å². The topological polar surface area (TPSA) is 66.8 Å². The predicted octanol–water partition coefficient (Wildman–Crippen LogP) is 1.61. The van der Waals surface area contributed by atoms with E-state index in [-0.39, 0.29) is 18.9 Å². The van der Waals surface area contributed by atoms with E-state index in [0.29, 0.717) is 11.5 Å². The van der Waals surface area contributed by atoms with E-state index < -0.39 is 5.97 Å². The number of rotatable bonds is 4. The number of carbonyl (C=O) groups excluding carboxylic acids is 1. The van der Waals surface area contributed by atoms with Gasteiger partial charge in [-0.25, -0.2) is 0 Å². The zero-order valence-electron chi connectivity index (χ0n) is 9.88. The number of nitrogens with zero attached hydrogens (tertiary/aromatic N) is 1. The summed E-state index contributed by atoms with van der Waals surface area (Å²) in [4.78, 5) is 24.4. The Bertz CT molecular complexity index is 489. The number of anilines is 1. The first-order valence-corrected chi connectivity index (χ1v) is 6.44. The summed E-state index contributed by atoms with van der Waals surface area (Å²) in [5.41, 5.74) is 0.728. The molecule has 5 nitrogen and oxygen atoms in total. The third kappa shape index (κ3) is 2.76. The largest absolute Gasteiger partial charge is 0.482 e. The Kier molecular flexibility index (Phi) is 3.76. The van der Waals surface area contributed by atoms with Crippen LogP contribution in [0.25, 0.3) is 0 Å². The molecule has 1 aromatic rings. The lowest BCUT2D eigenvalue weighted by atomic mass is 10.2. The number of ether oxygens (including phenoxy) is 1. The Labute approximate surface area is 109 Å². The number of carboxylic acids is 1. The molecule has 1 aromatic carbocycles. The van der Waals surface area contributed by atoms with Gasteiger partial charge in [0.15, 0.2) is 6.61 Å². The van der Waals surface area contributed by atoms with Crippen LogP contribution in [0.15, 0.2) is 23.1 Å². The van der Waals surface area contributed by atoms with E-state index >= 15 is 0 Å². The number of amides is 1. The molecule has 1 heterocycles. The van der Waals surface area contributed by atoms with Crippen LogP contribution in [0.5, 0.6) is 5.75 Å². The van der Waals surface area contributed by atoms with Crippen molar-refractivity contribution in [1.29, 1.82) is 0 Å². The van der Waals surface area contributed by atoms with Gasteiger partial charge in [0.2, 0.25) is 0 Å². The number of benzene rings is 1. The Morgan fingerprint density at radius 1 is 1.56 bits per heavy atom. The number of hydrogen-bond donors (Lipinski definition) is 1. The maximum atomic E-state index is 11.5. The van der Waals surface area contributed by atoms with Gasteiger partial charge in [0.05, 0.1) is 12.1 Å². The Balaban J connectivity index is 2.11. The van der Waals surface area contributed by atoms with Crippen LogP contribution in [-0.2, 0) is 9.59 Å². The van der Waals surface area contributed by atoms with Crippen molar-refractivity contribution in [3.63, 3.8) is 0 Å². The van der Waals surface area contributed by atoms with E-state index in [0.717, 1.165) is 10.6 Å². The minimum atomic E-state index is -0.809. The first kappa shape index (κ1) is 12.8. The van der Waals surface area contributed by atoms with Crippen LogP contribution < -0.4 is 9.64 Å². The second-order valence-corrected chi connectivity index (χ2v) is 5.03. The first-order chi connectivity index (χ1) is 8.58. The molecule has 0 saturated carbocycles. The Hall–Kier alpha value is -1.69. The third-order valence-electron chi connectivity index (χ3n) is 2.60. The molecule has 0 fully saturated rings. The monoisotopic (exact) mass is 267 g/mol. The fourth-order valence-electron chi connectivity index (χ4n) is 1.60. The summed E-state index contributed by atoms with van der Waals surface area (Å²) in [6, 6.07) is 5.52. The molecule has 0 spiro atoms. The quantitative estimate of drug-likeness (QED) is 0.839. The van der Waals surface area contributed by atoms with Gasteiger partial charge in [-0.2, -0.15) is 0 Å². The average Bonchev–Trinajstić information content (AvgIpc) is 2.34. The molecule has 1 aliphatic rings. The van der Waals surface area contributed by atoms with E-state index in [9.17, 15) is 9.59 Å². The summed E-state index contributed by atoms with van der Waals surface area (Å²) in [6.07, 6.45) is 0.118. The first-order valence-electron chi connectivity index (χ1n) is 5.46. The molecule has 0 unspecified atom stereocenters. The fraction of sp³-hybridized carbons (Fsp3) is 0.333. The maximum absolute atomic E-state index is 11.5. The molecule has 0 atom stereocenters. The summed E-state index contributed by atoms with van der Waals surface area (Å²) < 4.78 is 5.31. The fourth-order valence-corrected chi connectivity index (χ4v) is 2.47. The van der Waals surface area contributed by atoms with Gasteiger partial charge in [-0.05, 0) is 18.2 Å². The van der Waals surface area contributed by atoms with Gasteiger partial charge in [0, 0.05) is 17.7 Å². The molecule has 1 amide bonds. The van der Waals surface area contributed by atoms with Gasteiger partial charge in [0.1, 0.15) is 5.75 Å². The van der Waals surface area contributed by atoms with Crippen molar-refractivity contribution in [2.45, 2.75) is 11.3 Å². The van der Waals surface area contributed by atoms with E-state index in [1.54, 1.807) is 18.0 Å². The van der Waals surface area contributed by atoms with Crippen LogP contribution in [0.3, 0.4) is 0 Å². The molecule has 18 heavy (non-hydrogen) atoms. The Morgan fingerprint density at radius 3 is 3.06 bits per heavy atom. The van der Waals surface area contributed by atoms with Crippen molar-refractivity contribution >= 4 is 29.3 Å². The average molecular weight is 267 g/mol. The number of likely N-dealkylation sites (N-methyl/N-ethyl adjacent to an activating group) is 1. The van der Waals surface area contributed by atoms with Gasteiger partial charge >= 0.3 is 5.97 Å². The molecular weight excluding hydrogens is 254 g/mol. The molecule has 1 aliphatic heterocycles. The van der Waals surface area contributed by atoms with Crippen molar-refractivity contribution in [1.82, 2.24) is 0 Å². The normalized spacial score (nSPS) is 14.1. The molecule has 2 rings (SSSR count). The number of carboxylic acid groups (broad SMARTS) is 1. The summed E-state index contributed by atoms with van der Waals surface area (Å²) in [7, 11) is 1.70. The van der Waals surface area contributed by atoms with E-state index in [4.69, 9.17) is 9.84 Å². The molecule has 1 N–H and O–H groups in total. The van der Waals surface area contributed by atoms with E-state index in [1.807, 2.05) is 12.1 Å². The molecule has 0 bridgehead atoms. The highest BCUT2D eigenvalue weighted by atomic mass is 32.2. The Morgan fingerprint density at radius 2 is 2.33 bits per heavy atom. The second kappa shape index (κ2) is 5.30. The van der Waals surface area contributed by atoms with E-state index in [2.05, 4.69) is 0 Å². The molecular formula is C12H13NO4S. The van der Waals surface area contributed by atoms with Crippen LogP contribution >= 0.6 is 11.8 Å². The lowest BCUT2D eigenvalue weighted by Crippen LogP contribution is -2.35. The standard InChI is InChI=1S/C12H13NO4S/c1-13-9-6-8(18-5-4-12(15)16)2-3-10(9)17-7-11(13)14/h2-3,6H,4-5,7H2,1H3,(H,15,16). The van der Waals surface area contributed by atoms with Crippen LogP contribution in [0.2, 0.25) is 0 Å². The molecule has 0 radical (unpaired) electrons. The molecule has 96 valence electrons. The highest BCUT2D eigenvalue weighted by Crippen LogP contribution is 2.35. The zero-order valence-corrected chi connectivity index (χ0v) is 10.7. The zero-order chi connectivity index (χ0) is 13.1. The van der Waals surface area contributed by atoms with Crippen LogP contribution in [0, 0.1) is 0 Å².